The van der Waals surface area contributed by atoms with Gasteiger partial charge in [0.05, 0.1) is 12.6 Å². The molecule has 0 aliphatic carbocycles. The lowest BCUT2D eigenvalue weighted by Crippen LogP contribution is -2.35. The van der Waals surface area contributed by atoms with Crippen LogP contribution in [0.25, 0.3) is 0 Å². The first-order chi connectivity index (χ1) is 12.2. The normalized spacial score (nSPS) is 12.9. The van der Waals surface area contributed by atoms with Gasteiger partial charge in [0.15, 0.2) is 5.96 Å². The van der Waals surface area contributed by atoms with Crippen molar-refractivity contribution in [2.75, 3.05) is 6.54 Å². The summed E-state index contributed by atoms with van der Waals surface area (Å²) >= 11 is 0. The molecule has 5 nitrogen and oxygen atoms in total. The topological polar surface area (TPSA) is 79.9 Å². The quantitative estimate of drug-likeness (QED) is 0.246. The zero-order valence-electron chi connectivity index (χ0n) is 13.9. The van der Waals surface area contributed by atoms with Crippen molar-refractivity contribution < 1.29 is 27.4 Å². The molecule has 0 radical (unpaired) electrons. The Labute approximate surface area is 170 Å². The third-order valence-electron chi connectivity index (χ3n) is 3.33. The Hall–Kier alpha value is -2.08. The number of aliphatic hydroxyl groups is 1. The molecule has 27 heavy (non-hydrogen) atoms. The van der Waals surface area contributed by atoms with E-state index in [1.54, 1.807) is 6.07 Å². The fraction of sp³-hybridized carbons (Fsp3) is 0.235. The molecule has 0 fully saturated rings. The van der Waals surface area contributed by atoms with Crippen LogP contribution >= 0.6 is 24.0 Å². The summed E-state index contributed by atoms with van der Waals surface area (Å²) in [5, 5.41) is 12.6. The highest BCUT2D eigenvalue weighted by molar-refractivity contribution is 14.0. The summed E-state index contributed by atoms with van der Waals surface area (Å²) in [6.07, 6.45) is -5.85. The number of benzene rings is 2. The number of ether oxygens (including phenoxy) is 1. The highest BCUT2D eigenvalue weighted by atomic mass is 127. The second-order valence-corrected chi connectivity index (χ2v) is 5.31. The van der Waals surface area contributed by atoms with Gasteiger partial charge >= 0.3 is 6.36 Å². The molecule has 0 amide bonds. The molecular formula is C17H18F4IN3O2. The number of nitrogens with zero attached hydrogens (tertiary/aromatic N) is 1. The first kappa shape index (κ1) is 23.0. The molecule has 2 aromatic rings. The minimum atomic E-state index is -4.74. The number of hydrogen-bond donors (Lipinski definition) is 3. The fourth-order valence-corrected chi connectivity index (χ4v) is 2.09. The number of halogens is 5. The van der Waals surface area contributed by atoms with E-state index in [1.807, 2.05) is 0 Å². The first-order valence-electron chi connectivity index (χ1n) is 7.55. The molecule has 10 heteroatoms. The molecule has 0 heterocycles. The molecule has 0 spiro atoms. The van der Waals surface area contributed by atoms with E-state index >= 15 is 0 Å². The molecule has 2 aromatic carbocycles. The van der Waals surface area contributed by atoms with Gasteiger partial charge in [0.25, 0.3) is 0 Å². The van der Waals surface area contributed by atoms with Crippen molar-refractivity contribution in [3.63, 3.8) is 0 Å². The van der Waals surface area contributed by atoms with Gasteiger partial charge in [0.2, 0.25) is 0 Å². The van der Waals surface area contributed by atoms with Crippen LogP contribution in [0.2, 0.25) is 0 Å². The van der Waals surface area contributed by atoms with E-state index < -0.39 is 18.3 Å². The molecule has 0 aliphatic heterocycles. The Morgan fingerprint density at radius 2 is 1.78 bits per heavy atom. The summed E-state index contributed by atoms with van der Waals surface area (Å²) in [7, 11) is 0. The van der Waals surface area contributed by atoms with Crippen LogP contribution in [0, 0.1) is 5.82 Å². The lowest BCUT2D eigenvalue weighted by molar-refractivity contribution is -0.274. The van der Waals surface area contributed by atoms with Crippen LogP contribution in [0.1, 0.15) is 17.2 Å². The third kappa shape index (κ3) is 7.99. The van der Waals surface area contributed by atoms with Crippen molar-refractivity contribution >= 4 is 29.9 Å². The first-order valence-corrected chi connectivity index (χ1v) is 7.55. The molecule has 1 atom stereocenters. The molecule has 0 aliphatic rings. The smallest absolute Gasteiger partial charge is 0.406 e. The maximum absolute atomic E-state index is 13.5. The predicted octanol–water partition coefficient (Wildman–Crippen LogP) is 3.48. The summed E-state index contributed by atoms with van der Waals surface area (Å²) in [6.45, 7) is 0.0650. The Balaban J connectivity index is 0.00000364. The molecule has 0 aromatic heterocycles. The van der Waals surface area contributed by atoms with Crippen molar-refractivity contribution in [3.8, 4) is 5.75 Å². The van der Waals surface area contributed by atoms with Crippen molar-refractivity contribution in [1.29, 1.82) is 0 Å². The Morgan fingerprint density at radius 3 is 2.37 bits per heavy atom. The van der Waals surface area contributed by atoms with Gasteiger partial charge in [-0.3, -0.25) is 0 Å². The van der Waals surface area contributed by atoms with Gasteiger partial charge in [-0.15, -0.1) is 37.1 Å². The molecule has 0 bridgehead atoms. The van der Waals surface area contributed by atoms with Crippen molar-refractivity contribution in [1.82, 2.24) is 5.32 Å². The van der Waals surface area contributed by atoms with Crippen LogP contribution in [0.5, 0.6) is 5.75 Å². The number of nitrogens with one attached hydrogen (secondary N) is 1. The van der Waals surface area contributed by atoms with Crippen LogP contribution in [-0.4, -0.2) is 24.0 Å². The van der Waals surface area contributed by atoms with E-state index in [-0.39, 0.29) is 54.3 Å². The number of hydrogen-bond acceptors (Lipinski definition) is 3. The second-order valence-electron chi connectivity index (χ2n) is 5.31. The Kier molecular flexibility index (Phi) is 8.76. The SMILES string of the molecule is I.NC(=NCc1ccc(OC(F)(F)F)cc1)NCC(O)c1ccccc1F. The zero-order chi connectivity index (χ0) is 19.2. The fourth-order valence-electron chi connectivity index (χ4n) is 2.09. The highest BCUT2D eigenvalue weighted by Gasteiger charge is 2.30. The van der Waals surface area contributed by atoms with E-state index in [9.17, 15) is 22.7 Å². The van der Waals surface area contributed by atoms with Gasteiger partial charge in [-0.2, -0.15) is 0 Å². The minimum Gasteiger partial charge on any atom is -0.406 e. The number of aliphatic hydroxyl groups excluding tert-OH is 1. The van der Waals surface area contributed by atoms with E-state index in [4.69, 9.17) is 5.73 Å². The molecule has 2 rings (SSSR count). The summed E-state index contributed by atoms with van der Waals surface area (Å²) in [5.74, 6) is -0.848. The number of alkyl halides is 3. The molecule has 4 N–H and O–H groups in total. The average Bonchev–Trinajstić information content (AvgIpc) is 2.58. The van der Waals surface area contributed by atoms with Crippen LogP contribution in [-0.2, 0) is 6.54 Å². The van der Waals surface area contributed by atoms with Gasteiger partial charge in [0, 0.05) is 12.1 Å². The van der Waals surface area contributed by atoms with Crippen molar-refractivity contribution in [2.45, 2.75) is 19.0 Å². The largest absolute Gasteiger partial charge is 0.573 e. The molecule has 0 saturated carbocycles. The van der Waals surface area contributed by atoms with Gasteiger partial charge in [-0.05, 0) is 23.8 Å². The molecule has 1 unspecified atom stereocenters. The maximum atomic E-state index is 13.5. The van der Waals surface area contributed by atoms with Crippen LogP contribution < -0.4 is 15.8 Å². The second kappa shape index (κ2) is 10.3. The van der Waals surface area contributed by atoms with E-state index in [0.717, 1.165) is 0 Å². The summed E-state index contributed by atoms with van der Waals surface area (Å²) in [6, 6.07) is 11.0. The molecule has 0 saturated heterocycles. The number of rotatable bonds is 6. The van der Waals surface area contributed by atoms with Crippen molar-refractivity contribution in [2.24, 2.45) is 10.7 Å². The number of nitrogens with two attached hydrogens (primary N) is 1. The Morgan fingerprint density at radius 1 is 1.15 bits per heavy atom. The van der Waals surface area contributed by atoms with Gasteiger partial charge in [0.1, 0.15) is 11.6 Å². The van der Waals surface area contributed by atoms with Crippen LogP contribution in [0.3, 0.4) is 0 Å². The maximum Gasteiger partial charge on any atom is 0.573 e. The van der Waals surface area contributed by atoms with Crippen LogP contribution in [0.15, 0.2) is 53.5 Å². The number of aliphatic imine (C=N–C) groups is 1. The van der Waals surface area contributed by atoms with E-state index in [2.05, 4.69) is 15.0 Å². The summed E-state index contributed by atoms with van der Waals surface area (Å²) in [4.78, 5) is 4.00. The lowest BCUT2D eigenvalue weighted by Gasteiger charge is -2.13. The lowest BCUT2D eigenvalue weighted by atomic mass is 10.1. The van der Waals surface area contributed by atoms with Crippen molar-refractivity contribution in [3.05, 3.63) is 65.5 Å². The molecule has 148 valence electrons. The van der Waals surface area contributed by atoms with Gasteiger partial charge in [-0.1, -0.05) is 30.3 Å². The zero-order valence-corrected chi connectivity index (χ0v) is 16.2. The van der Waals surface area contributed by atoms with E-state index in [0.29, 0.717) is 5.56 Å². The summed E-state index contributed by atoms with van der Waals surface area (Å²) in [5.41, 5.74) is 6.40. The third-order valence-corrected chi connectivity index (χ3v) is 3.33. The van der Waals surface area contributed by atoms with Gasteiger partial charge in [-0.25, -0.2) is 9.38 Å². The van der Waals surface area contributed by atoms with E-state index in [1.165, 1.54) is 42.5 Å². The van der Waals surface area contributed by atoms with Crippen LogP contribution in [0.4, 0.5) is 17.6 Å². The predicted molar refractivity (Wildman–Crippen MR) is 103 cm³/mol. The standard InChI is InChI=1S/C17H17F4N3O2.HI/c18-14-4-2-1-3-13(14)15(25)10-24-16(22)23-9-11-5-7-12(8-6-11)26-17(19,20)21;/h1-8,15,25H,9-10H2,(H3,22,23,24);1H. The summed E-state index contributed by atoms with van der Waals surface area (Å²) < 4.78 is 53.5. The highest BCUT2D eigenvalue weighted by Crippen LogP contribution is 2.22. The number of guanidine groups is 1. The average molecular weight is 499 g/mol. The van der Waals surface area contributed by atoms with Gasteiger partial charge < -0.3 is 20.9 Å². The molecular weight excluding hydrogens is 481 g/mol. The minimum absolute atomic E-state index is 0. The monoisotopic (exact) mass is 499 g/mol. The Bertz CT molecular complexity index is 755.